The molecule has 3 N–H and O–H groups in total. The number of primary amides is 1. The summed E-state index contributed by atoms with van der Waals surface area (Å²) in [5.74, 6) is -0.664. The molecule has 114 valence electrons. The summed E-state index contributed by atoms with van der Waals surface area (Å²) in [5, 5.41) is 4.76. The van der Waals surface area contributed by atoms with Crippen molar-refractivity contribution in [3.8, 4) is 0 Å². The van der Waals surface area contributed by atoms with Gasteiger partial charge in [-0.05, 0) is 11.4 Å². The van der Waals surface area contributed by atoms with Gasteiger partial charge in [-0.25, -0.2) is 0 Å². The zero-order valence-corrected chi connectivity index (χ0v) is 12.0. The number of nitrogens with one attached hydrogen (secondary N) is 1. The van der Waals surface area contributed by atoms with Gasteiger partial charge in [0.05, 0.1) is 24.1 Å². The summed E-state index contributed by atoms with van der Waals surface area (Å²) < 4.78 is 16.6. The van der Waals surface area contributed by atoms with E-state index in [-0.39, 0.29) is 36.9 Å². The van der Waals surface area contributed by atoms with Crippen molar-refractivity contribution in [2.24, 2.45) is 5.73 Å². The Bertz CT molecular complexity index is 521. The van der Waals surface area contributed by atoms with Crippen molar-refractivity contribution >= 4 is 23.2 Å². The average molecular weight is 312 g/mol. The highest BCUT2D eigenvalue weighted by Crippen LogP contribution is 2.29. The van der Waals surface area contributed by atoms with E-state index in [1.807, 2.05) is 11.4 Å². The quantitative estimate of drug-likeness (QED) is 0.764. The summed E-state index contributed by atoms with van der Waals surface area (Å²) in [6.45, 7) is 0.531. The molecule has 7 nitrogen and oxygen atoms in total. The molecule has 1 aromatic rings. The molecule has 0 aliphatic carbocycles. The Balaban J connectivity index is 1.56. The first kappa shape index (κ1) is 14.5. The molecule has 0 bridgehead atoms. The van der Waals surface area contributed by atoms with Gasteiger partial charge in [0, 0.05) is 0 Å². The minimum absolute atomic E-state index is 0.135. The molecule has 2 amide bonds. The first-order valence-electron chi connectivity index (χ1n) is 6.62. The monoisotopic (exact) mass is 312 g/mol. The van der Waals surface area contributed by atoms with E-state index in [9.17, 15) is 9.59 Å². The lowest BCUT2D eigenvalue weighted by molar-refractivity contribution is -0.126. The molecule has 2 aliphatic heterocycles. The minimum Gasteiger partial charge on any atom is -0.370 e. The van der Waals surface area contributed by atoms with Gasteiger partial charge in [0.25, 0.3) is 5.91 Å². The van der Waals surface area contributed by atoms with Gasteiger partial charge in [0.1, 0.15) is 24.9 Å². The first-order chi connectivity index (χ1) is 10.1. The summed E-state index contributed by atoms with van der Waals surface area (Å²) in [4.78, 5) is 23.4. The number of ether oxygens (including phenoxy) is 3. The molecular weight excluding hydrogens is 296 g/mol. The second kappa shape index (κ2) is 6.10. The van der Waals surface area contributed by atoms with Gasteiger partial charge in [0.2, 0.25) is 5.91 Å². The molecule has 0 saturated carbocycles. The first-order valence-corrected chi connectivity index (χ1v) is 7.50. The fourth-order valence-electron chi connectivity index (χ4n) is 2.57. The molecule has 0 radical (unpaired) electrons. The highest BCUT2D eigenvalue weighted by atomic mass is 32.1. The fourth-order valence-corrected chi connectivity index (χ4v) is 3.19. The Morgan fingerprint density at radius 1 is 1.38 bits per heavy atom. The van der Waals surface area contributed by atoms with Crippen LogP contribution in [0.5, 0.6) is 0 Å². The summed E-state index contributed by atoms with van der Waals surface area (Å²) in [5.41, 5.74) is 5.05. The number of nitrogens with two attached hydrogens (primary N) is 1. The lowest BCUT2D eigenvalue weighted by atomic mass is 10.1. The van der Waals surface area contributed by atoms with Gasteiger partial charge in [-0.1, -0.05) is 6.07 Å². The van der Waals surface area contributed by atoms with Gasteiger partial charge in [-0.15, -0.1) is 11.3 Å². The van der Waals surface area contributed by atoms with Crippen molar-refractivity contribution in [3.05, 3.63) is 22.4 Å². The topological polar surface area (TPSA) is 99.9 Å². The minimum atomic E-state index is -0.529. The van der Waals surface area contributed by atoms with Gasteiger partial charge in [0.15, 0.2) is 0 Å². The summed E-state index contributed by atoms with van der Waals surface area (Å²) in [6.07, 6.45) is -0.865. The third-order valence-electron chi connectivity index (χ3n) is 3.51. The molecule has 3 heterocycles. The maximum absolute atomic E-state index is 12.0. The summed E-state index contributed by atoms with van der Waals surface area (Å²) >= 11 is 1.38. The number of rotatable bonds is 5. The Kier molecular flexibility index (Phi) is 4.20. The second-order valence-corrected chi connectivity index (χ2v) is 5.92. The van der Waals surface area contributed by atoms with Crippen molar-refractivity contribution in [1.82, 2.24) is 5.32 Å². The van der Waals surface area contributed by atoms with Crippen LogP contribution in [-0.2, 0) is 19.0 Å². The van der Waals surface area contributed by atoms with E-state index in [4.69, 9.17) is 19.9 Å². The van der Waals surface area contributed by atoms with Crippen molar-refractivity contribution in [1.29, 1.82) is 0 Å². The van der Waals surface area contributed by atoms with E-state index in [1.54, 1.807) is 6.07 Å². The lowest BCUT2D eigenvalue weighted by Crippen LogP contribution is -2.44. The van der Waals surface area contributed by atoms with Crippen LogP contribution in [0.2, 0.25) is 0 Å². The van der Waals surface area contributed by atoms with Crippen LogP contribution in [0.1, 0.15) is 9.67 Å². The van der Waals surface area contributed by atoms with E-state index in [0.29, 0.717) is 18.1 Å². The SMILES string of the molecule is NC(=O)COC1COC2C(NC(=O)c3cccs3)COC12. The summed E-state index contributed by atoms with van der Waals surface area (Å²) in [7, 11) is 0. The van der Waals surface area contributed by atoms with Crippen LogP contribution in [0.4, 0.5) is 0 Å². The molecule has 4 atom stereocenters. The van der Waals surface area contributed by atoms with E-state index < -0.39 is 5.91 Å². The number of thiophene rings is 1. The third kappa shape index (κ3) is 3.08. The van der Waals surface area contributed by atoms with Crippen LogP contribution in [-0.4, -0.2) is 56.0 Å². The van der Waals surface area contributed by atoms with Crippen molar-refractivity contribution < 1.29 is 23.8 Å². The predicted molar refractivity (Wildman–Crippen MR) is 74.0 cm³/mol. The van der Waals surface area contributed by atoms with E-state index in [0.717, 1.165) is 0 Å². The van der Waals surface area contributed by atoms with Crippen molar-refractivity contribution in [2.45, 2.75) is 24.4 Å². The highest BCUT2D eigenvalue weighted by Gasteiger charge is 2.48. The Morgan fingerprint density at radius 2 is 2.19 bits per heavy atom. The number of carbonyl (C=O) groups excluding carboxylic acids is 2. The molecule has 0 spiro atoms. The van der Waals surface area contributed by atoms with Crippen molar-refractivity contribution in [3.63, 3.8) is 0 Å². The number of hydrogen-bond acceptors (Lipinski definition) is 6. The molecular formula is C13H16N2O5S. The number of amides is 2. The Hall–Kier alpha value is -1.48. The fraction of sp³-hybridized carbons (Fsp3) is 0.538. The van der Waals surface area contributed by atoms with Crippen LogP contribution in [0.25, 0.3) is 0 Å². The average Bonchev–Trinajstić information content (AvgIpc) is 3.15. The standard InChI is InChI=1S/C13H16N2O5S/c14-10(16)6-18-8-5-20-11-7(4-19-12(8)11)15-13(17)9-2-1-3-21-9/h1-3,7-8,11-12H,4-6H2,(H2,14,16)(H,15,17). The number of carbonyl (C=O) groups is 2. The smallest absolute Gasteiger partial charge is 0.261 e. The maximum Gasteiger partial charge on any atom is 0.261 e. The zero-order valence-electron chi connectivity index (χ0n) is 11.2. The molecule has 4 unspecified atom stereocenters. The predicted octanol–water partition coefficient (Wildman–Crippen LogP) is -0.485. The van der Waals surface area contributed by atoms with Gasteiger partial charge in [-0.2, -0.15) is 0 Å². The number of hydrogen-bond donors (Lipinski definition) is 2. The third-order valence-corrected chi connectivity index (χ3v) is 4.38. The maximum atomic E-state index is 12.0. The van der Waals surface area contributed by atoms with E-state index in [2.05, 4.69) is 5.32 Å². The molecule has 3 rings (SSSR count). The lowest BCUT2D eigenvalue weighted by Gasteiger charge is -2.17. The molecule has 0 aromatic carbocycles. The van der Waals surface area contributed by atoms with Gasteiger partial charge >= 0.3 is 0 Å². The second-order valence-electron chi connectivity index (χ2n) is 4.97. The van der Waals surface area contributed by atoms with Crippen molar-refractivity contribution in [2.75, 3.05) is 19.8 Å². The molecule has 21 heavy (non-hydrogen) atoms. The van der Waals surface area contributed by atoms with Crippen LogP contribution in [0.15, 0.2) is 17.5 Å². The largest absolute Gasteiger partial charge is 0.370 e. The molecule has 2 saturated heterocycles. The summed E-state index contributed by atoms with van der Waals surface area (Å²) in [6, 6.07) is 3.38. The molecule has 1 aromatic heterocycles. The van der Waals surface area contributed by atoms with Crippen LogP contribution in [0, 0.1) is 0 Å². The normalized spacial score (nSPS) is 31.0. The Morgan fingerprint density at radius 3 is 2.90 bits per heavy atom. The van der Waals surface area contributed by atoms with E-state index in [1.165, 1.54) is 11.3 Å². The van der Waals surface area contributed by atoms with Gasteiger partial charge in [-0.3, -0.25) is 9.59 Å². The van der Waals surface area contributed by atoms with Gasteiger partial charge < -0.3 is 25.3 Å². The van der Waals surface area contributed by atoms with Crippen LogP contribution >= 0.6 is 11.3 Å². The van der Waals surface area contributed by atoms with Crippen LogP contribution in [0.3, 0.4) is 0 Å². The zero-order chi connectivity index (χ0) is 14.8. The molecule has 2 fully saturated rings. The van der Waals surface area contributed by atoms with E-state index >= 15 is 0 Å². The molecule has 8 heteroatoms. The molecule has 2 aliphatic rings. The van der Waals surface area contributed by atoms with Crippen LogP contribution < -0.4 is 11.1 Å². The number of fused-ring (bicyclic) bond motifs is 1. The highest BCUT2D eigenvalue weighted by molar-refractivity contribution is 7.12. The Labute approximate surface area is 125 Å².